The summed E-state index contributed by atoms with van der Waals surface area (Å²) in [6, 6.07) is 7.53. The van der Waals surface area contributed by atoms with E-state index in [0.717, 1.165) is 17.0 Å². The summed E-state index contributed by atoms with van der Waals surface area (Å²) in [5.41, 5.74) is 1.60. The molecule has 4 nitrogen and oxygen atoms in total. The first kappa shape index (κ1) is 16.1. The minimum Gasteiger partial charge on any atom is -0.489 e. The fraction of sp³-hybridized carbons (Fsp3) is 0.438. The highest BCUT2D eigenvalue weighted by Gasteiger charge is 2.13. The van der Waals surface area contributed by atoms with Crippen LogP contribution in [0.1, 0.15) is 27.7 Å². The van der Waals surface area contributed by atoms with Gasteiger partial charge in [0.05, 0.1) is 6.54 Å². The van der Waals surface area contributed by atoms with Crippen LogP contribution in [0.3, 0.4) is 0 Å². The van der Waals surface area contributed by atoms with Gasteiger partial charge in [-0.15, -0.1) is 0 Å². The van der Waals surface area contributed by atoms with Crippen LogP contribution in [-0.4, -0.2) is 24.6 Å². The fourth-order valence-electron chi connectivity index (χ4n) is 1.55. The van der Waals surface area contributed by atoms with Crippen LogP contribution in [0.4, 0.5) is 5.69 Å². The minimum absolute atomic E-state index is 0.0363. The number of amides is 1. The molecule has 0 bridgehead atoms. The van der Waals surface area contributed by atoms with Gasteiger partial charge in [0, 0.05) is 17.3 Å². The Labute approximate surface area is 121 Å². The topological polar surface area (TPSA) is 50.4 Å². The van der Waals surface area contributed by atoms with E-state index in [4.69, 9.17) is 4.74 Å². The second-order valence-electron chi connectivity index (χ2n) is 5.93. The average molecular weight is 276 g/mol. The molecule has 0 radical (unpaired) electrons. The summed E-state index contributed by atoms with van der Waals surface area (Å²) in [5.74, 6) is 0.722. The molecule has 1 aromatic rings. The maximum Gasteiger partial charge on any atom is 0.239 e. The van der Waals surface area contributed by atoms with E-state index < -0.39 is 0 Å². The predicted molar refractivity (Wildman–Crippen MR) is 83.1 cm³/mol. The molecular formula is C16H24N2O2. The maximum atomic E-state index is 11.7. The number of ether oxygens (including phenoxy) is 1. The second kappa shape index (κ2) is 6.98. The molecule has 0 saturated carbocycles. The third kappa shape index (κ3) is 6.83. The number of nitrogens with one attached hydrogen (secondary N) is 2. The van der Waals surface area contributed by atoms with E-state index in [2.05, 4.69) is 17.2 Å². The van der Waals surface area contributed by atoms with E-state index in [1.807, 2.05) is 52.0 Å². The zero-order valence-corrected chi connectivity index (χ0v) is 12.7. The number of rotatable bonds is 6. The van der Waals surface area contributed by atoms with Gasteiger partial charge in [-0.1, -0.05) is 12.6 Å². The number of carbonyl (C=O) groups excluding carboxylic acids is 1. The normalized spacial score (nSPS) is 10.8. The number of benzene rings is 1. The Hall–Kier alpha value is -1.97. The van der Waals surface area contributed by atoms with Gasteiger partial charge >= 0.3 is 0 Å². The Morgan fingerprint density at radius 3 is 2.65 bits per heavy atom. The lowest BCUT2D eigenvalue weighted by Gasteiger charge is -2.20. The molecule has 0 saturated heterocycles. The first-order valence-corrected chi connectivity index (χ1v) is 6.68. The fourth-order valence-corrected chi connectivity index (χ4v) is 1.55. The highest BCUT2D eigenvalue weighted by molar-refractivity contribution is 5.81. The molecule has 110 valence electrons. The van der Waals surface area contributed by atoms with E-state index >= 15 is 0 Å². The molecule has 0 fully saturated rings. The molecule has 1 amide bonds. The van der Waals surface area contributed by atoms with Crippen molar-refractivity contribution in [3.05, 3.63) is 36.4 Å². The van der Waals surface area contributed by atoms with Gasteiger partial charge in [-0.3, -0.25) is 4.79 Å². The largest absolute Gasteiger partial charge is 0.489 e. The van der Waals surface area contributed by atoms with Crippen molar-refractivity contribution < 1.29 is 9.53 Å². The summed E-state index contributed by atoms with van der Waals surface area (Å²) in [5, 5.41) is 5.98. The Bertz CT molecular complexity index is 476. The molecule has 1 rings (SSSR count). The molecule has 0 unspecified atom stereocenters. The van der Waals surface area contributed by atoms with Gasteiger partial charge in [0.2, 0.25) is 5.91 Å². The molecular weight excluding hydrogens is 252 g/mol. The average Bonchev–Trinajstić information content (AvgIpc) is 2.32. The van der Waals surface area contributed by atoms with Crippen molar-refractivity contribution in [2.24, 2.45) is 0 Å². The molecule has 0 atom stereocenters. The van der Waals surface area contributed by atoms with E-state index in [1.54, 1.807) is 0 Å². The van der Waals surface area contributed by atoms with Gasteiger partial charge in [-0.2, -0.15) is 0 Å². The number of hydrogen-bond acceptors (Lipinski definition) is 3. The van der Waals surface area contributed by atoms with E-state index in [-0.39, 0.29) is 18.0 Å². The van der Waals surface area contributed by atoms with Crippen LogP contribution < -0.4 is 15.4 Å². The predicted octanol–water partition coefficient (Wildman–Crippen LogP) is 2.97. The van der Waals surface area contributed by atoms with Gasteiger partial charge in [0.25, 0.3) is 0 Å². The number of hydrogen-bond donors (Lipinski definition) is 2. The lowest BCUT2D eigenvalue weighted by atomic mass is 10.1. The summed E-state index contributed by atoms with van der Waals surface area (Å²) in [6.45, 7) is 12.3. The Kier molecular flexibility index (Phi) is 5.62. The van der Waals surface area contributed by atoms with Crippen molar-refractivity contribution in [1.82, 2.24) is 5.32 Å². The monoisotopic (exact) mass is 276 g/mol. The highest BCUT2D eigenvalue weighted by atomic mass is 16.5. The van der Waals surface area contributed by atoms with Crippen LogP contribution in [0.25, 0.3) is 0 Å². The highest BCUT2D eigenvalue weighted by Crippen LogP contribution is 2.17. The van der Waals surface area contributed by atoms with Crippen molar-refractivity contribution in [2.75, 3.05) is 18.5 Å². The van der Waals surface area contributed by atoms with Crippen molar-refractivity contribution >= 4 is 11.6 Å². The molecule has 1 aromatic carbocycles. The molecule has 0 aliphatic rings. The van der Waals surface area contributed by atoms with Gasteiger partial charge in [0.15, 0.2) is 0 Å². The number of carbonyl (C=O) groups is 1. The van der Waals surface area contributed by atoms with Crippen LogP contribution in [0.2, 0.25) is 0 Å². The van der Waals surface area contributed by atoms with Gasteiger partial charge < -0.3 is 15.4 Å². The summed E-state index contributed by atoms with van der Waals surface area (Å²) >= 11 is 0. The van der Waals surface area contributed by atoms with Crippen LogP contribution in [0, 0.1) is 0 Å². The van der Waals surface area contributed by atoms with E-state index in [0.29, 0.717) is 6.61 Å². The summed E-state index contributed by atoms with van der Waals surface area (Å²) in [4.78, 5) is 11.7. The van der Waals surface area contributed by atoms with Crippen molar-refractivity contribution in [1.29, 1.82) is 0 Å². The van der Waals surface area contributed by atoms with Crippen molar-refractivity contribution in [2.45, 2.75) is 33.2 Å². The van der Waals surface area contributed by atoms with E-state index in [9.17, 15) is 4.79 Å². The summed E-state index contributed by atoms with van der Waals surface area (Å²) in [7, 11) is 0. The van der Waals surface area contributed by atoms with Gasteiger partial charge in [-0.25, -0.2) is 0 Å². The zero-order valence-electron chi connectivity index (χ0n) is 12.7. The first-order valence-electron chi connectivity index (χ1n) is 6.68. The van der Waals surface area contributed by atoms with Crippen molar-refractivity contribution in [3.63, 3.8) is 0 Å². The van der Waals surface area contributed by atoms with Crippen LogP contribution in [0.15, 0.2) is 36.4 Å². The third-order valence-corrected chi connectivity index (χ3v) is 2.29. The SMILES string of the molecule is C=C(C)COc1cccc(NCC(=O)NC(C)(C)C)c1. The first-order chi connectivity index (χ1) is 9.26. The smallest absolute Gasteiger partial charge is 0.239 e. The Morgan fingerprint density at radius 1 is 1.35 bits per heavy atom. The van der Waals surface area contributed by atoms with Crippen LogP contribution in [0.5, 0.6) is 5.75 Å². The van der Waals surface area contributed by atoms with E-state index in [1.165, 1.54) is 0 Å². The Balaban J connectivity index is 2.50. The molecule has 0 aliphatic heterocycles. The lowest BCUT2D eigenvalue weighted by molar-refractivity contribution is -0.120. The van der Waals surface area contributed by atoms with Crippen LogP contribution >= 0.6 is 0 Å². The molecule has 4 heteroatoms. The summed E-state index contributed by atoms with van der Waals surface area (Å²) in [6.07, 6.45) is 0. The maximum absolute atomic E-state index is 11.7. The zero-order chi connectivity index (χ0) is 15.2. The minimum atomic E-state index is -0.217. The molecule has 0 aromatic heterocycles. The van der Waals surface area contributed by atoms with Crippen molar-refractivity contribution in [3.8, 4) is 5.75 Å². The Morgan fingerprint density at radius 2 is 2.05 bits per heavy atom. The quantitative estimate of drug-likeness (QED) is 0.785. The standard InChI is InChI=1S/C16H24N2O2/c1-12(2)11-20-14-8-6-7-13(9-14)17-10-15(19)18-16(3,4)5/h6-9,17H,1,10-11H2,2-5H3,(H,18,19). The molecule has 20 heavy (non-hydrogen) atoms. The molecule has 0 heterocycles. The lowest BCUT2D eigenvalue weighted by Crippen LogP contribution is -2.43. The molecule has 2 N–H and O–H groups in total. The van der Waals surface area contributed by atoms with Crippen LogP contribution in [-0.2, 0) is 4.79 Å². The number of anilines is 1. The summed E-state index contributed by atoms with van der Waals surface area (Å²) < 4.78 is 5.56. The second-order valence-corrected chi connectivity index (χ2v) is 5.93. The van der Waals surface area contributed by atoms with Gasteiger partial charge in [-0.05, 0) is 45.4 Å². The third-order valence-electron chi connectivity index (χ3n) is 2.29. The molecule has 0 spiro atoms. The molecule has 0 aliphatic carbocycles. The van der Waals surface area contributed by atoms with Gasteiger partial charge in [0.1, 0.15) is 12.4 Å².